The minimum Gasteiger partial charge on any atom is -0.462 e. The molecule has 3 atom stereocenters. The second-order valence-corrected chi connectivity index (χ2v) is 4.66. The van der Waals surface area contributed by atoms with E-state index in [4.69, 9.17) is 4.74 Å². The van der Waals surface area contributed by atoms with Crippen molar-refractivity contribution in [1.29, 1.82) is 0 Å². The molecule has 0 amide bonds. The monoisotopic (exact) mass is 230 g/mol. The zero-order chi connectivity index (χ0) is 12.3. The molecule has 2 nitrogen and oxygen atoms in total. The first-order valence-corrected chi connectivity index (χ1v) is 6.08. The summed E-state index contributed by atoms with van der Waals surface area (Å²) in [4.78, 5) is 12.0. The third kappa shape index (κ3) is 2.57. The molecule has 0 unspecified atom stereocenters. The molecule has 1 aliphatic rings. The van der Waals surface area contributed by atoms with Gasteiger partial charge in [-0.2, -0.15) is 0 Å². The summed E-state index contributed by atoms with van der Waals surface area (Å²) in [5.74, 6) is 0.0818. The fourth-order valence-electron chi connectivity index (χ4n) is 2.59. The van der Waals surface area contributed by atoms with Gasteiger partial charge in [-0.1, -0.05) is 36.4 Å². The van der Waals surface area contributed by atoms with E-state index in [9.17, 15) is 4.79 Å². The molecule has 0 N–H and O–H groups in total. The number of cyclic esters (lactones) is 1. The normalized spacial score (nSPS) is 28.5. The van der Waals surface area contributed by atoms with Gasteiger partial charge < -0.3 is 4.74 Å². The number of benzene rings is 1. The van der Waals surface area contributed by atoms with Crippen LogP contribution < -0.4 is 0 Å². The first-order chi connectivity index (χ1) is 8.22. The molecule has 1 heterocycles. The average molecular weight is 230 g/mol. The molecule has 1 aromatic rings. The van der Waals surface area contributed by atoms with Crippen LogP contribution in [0.4, 0.5) is 0 Å². The van der Waals surface area contributed by atoms with Crippen LogP contribution in [0.5, 0.6) is 0 Å². The van der Waals surface area contributed by atoms with E-state index in [0.717, 1.165) is 18.4 Å². The van der Waals surface area contributed by atoms with Crippen LogP contribution in [0.1, 0.15) is 31.2 Å². The van der Waals surface area contributed by atoms with E-state index in [1.54, 1.807) is 0 Å². The van der Waals surface area contributed by atoms with E-state index in [-0.39, 0.29) is 18.0 Å². The van der Waals surface area contributed by atoms with Gasteiger partial charge in [0.1, 0.15) is 0 Å². The first-order valence-electron chi connectivity index (χ1n) is 6.08. The predicted octanol–water partition coefficient (Wildman–Crippen LogP) is 3.30. The van der Waals surface area contributed by atoms with Crippen LogP contribution in [0.15, 0.2) is 43.0 Å². The van der Waals surface area contributed by atoms with Crippen LogP contribution in [-0.2, 0) is 9.53 Å². The Morgan fingerprint density at radius 3 is 2.76 bits per heavy atom. The number of rotatable bonds is 3. The standard InChI is InChI=1S/C15H18O2/c1-3-7-13-10-11(2)17-15(16)14(13)12-8-5-4-6-9-12/h3-6,8-9,11,13-14H,1,7,10H2,2H3/t11-,13-,14-/m0/s1. The maximum atomic E-state index is 12.0. The largest absolute Gasteiger partial charge is 0.462 e. The molecule has 17 heavy (non-hydrogen) atoms. The van der Waals surface area contributed by atoms with Crippen molar-refractivity contribution in [3.63, 3.8) is 0 Å². The second kappa shape index (κ2) is 5.17. The summed E-state index contributed by atoms with van der Waals surface area (Å²) in [7, 11) is 0. The van der Waals surface area contributed by atoms with Crippen molar-refractivity contribution in [2.24, 2.45) is 5.92 Å². The van der Waals surface area contributed by atoms with E-state index >= 15 is 0 Å². The molecule has 2 rings (SSSR count). The van der Waals surface area contributed by atoms with Gasteiger partial charge >= 0.3 is 5.97 Å². The molecule has 90 valence electrons. The molecule has 2 heteroatoms. The number of carbonyl (C=O) groups excluding carboxylic acids is 1. The minimum absolute atomic E-state index is 0.0208. The molecule has 0 saturated carbocycles. The minimum atomic E-state index is -0.134. The Balaban J connectivity index is 2.27. The van der Waals surface area contributed by atoms with E-state index in [2.05, 4.69) is 6.58 Å². The lowest BCUT2D eigenvalue weighted by molar-refractivity contribution is -0.158. The number of hydrogen-bond donors (Lipinski definition) is 0. The summed E-state index contributed by atoms with van der Waals surface area (Å²) in [6.45, 7) is 5.73. The van der Waals surface area contributed by atoms with Gasteiger partial charge in [0, 0.05) is 0 Å². The molecule has 1 saturated heterocycles. The van der Waals surface area contributed by atoms with Crippen molar-refractivity contribution in [3.8, 4) is 0 Å². The van der Waals surface area contributed by atoms with Crippen LogP contribution in [0.2, 0.25) is 0 Å². The predicted molar refractivity (Wildman–Crippen MR) is 67.7 cm³/mol. The lowest BCUT2D eigenvalue weighted by atomic mass is 9.79. The van der Waals surface area contributed by atoms with Crippen molar-refractivity contribution in [3.05, 3.63) is 48.6 Å². The number of hydrogen-bond acceptors (Lipinski definition) is 2. The first kappa shape index (κ1) is 11.9. The Morgan fingerprint density at radius 2 is 2.12 bits per heavy atom. The maximum absolute atomic E-state index is 12.0. The number of ether oxygens (including phenoxy) is 1. The summed E-state index contributed by atoms with van der Waals surface area (Å²) in [6, 6.07) is 9.88. The highest BCUT2D eigenvalue weighted by atomic mass is 16.5. The molecule has 1 aromatic carbocycles. The Kier molecular flexibility index (Phi) is 3.62. The van der Waals surface area contributed by atoms with E-state index in [1.165, 1.54) is 0 Å². The Morgan fingerprint density at radius 1 is 1.41 bits per heavy atom. The molecular weight excluding hydrogens is 212 g/mol. The number of allylic oxidation sites excluding steroid dienone is 1. The third-order valence-electron chi connectivity index (χ3n) is 3.31. The highest BCUT2D eigenvalue weighted by Gasteiger charge is 2.36. The Labute approximate surface area is 102 Å². The summed E-state index contributed by atoms with van der Waals surface area (Å²) in [5.41, 5.74) is 1.05. The van der Waals surface area contributed by atoms with Gasteiger partial charge in [-0.3, -0.25) is 4.79 Å². The quantitative estimate of drug-likeness (QED) is 0.588. The van der Waals surface area contributed by atoms with Crippen LogP contribution in [0.3, 0.4) is 0 Å². The number of carbonyl (C=O) groups is 1. The SMILES string of the molecule is C=CC[C@H]1C[C@H](C)OC(=O)[C@H]1c1ccccc1. The molecule has 0 aromatic heterocycles. The maximum Gasteiger partial charge on any atom is 0.313 e. The summed E-state index contributed by atoms with van der Waals surface area (Å²) >= 11 is 0. The van der Waals surface area contributed by atoms with E-state index < -0.39 is 0 Å². The van der Waals surface area contributed by atoms with Crippen molar-refractivity contribution in [2.75, 3.05) is 0 Å². The topological polar surface area (TPSA) is 26.3 Å². The van der Waals surface area contributed by atoms with Crippen LogP contribution in [0.25, 0.3) is 0 Å². The van der Waals surface area contributed by atoms with Gasteiger partial charge in [0.15, 0.2) is 0 Å². The van der Waals surface area contributed by atoms with Crippen molar-refractivity contribution in [1.82, 2.24) is 0 Å². The lowest BCUT2D eigenvalue weighted by Crippen LogP contribution is -2.35. The van der Waals surface area contributed by atoms with Gasteiger partial charge in [-0.15, -0.1) is 6.58 Å². The van der Waals surface area contributed by atoms with Crippen LogP contribution >= 0.6 is 0 Å². The van der Waals surface area contributed by atoms with Gasteiger partial charge in [0.2, 0.25) is 0 Å². The van der Waals surface area contributed by atoms with Crippen LogP contribution in [-0.4, -0.2) is 12.1 Å². The van der Waals surface area contributed by atoms with Crippen molar-refractivity contribution in [2.45, 2.75) is 31.8 Å². The summed E-state index contributed by atoms with van der Waals surface area (Å²) in [5, 5.41) is 0. The molecule has 0 spiro atoms. The summed E-state index contributed by atoms with van der Waals surface area (Å²) < 4.78 is 5.36. The highest BCUT2D eigenvalue weighted by molar-refractivity contribution is 5.79. The summed E-state index contributed by atoms with van der Waals surface area (Å²) in [6.07, 6.45) is 3.69. The molecule has 0 aliphatic carbocycles. The smallest absolute Gasteiger partial charge is 0.313 e. The molecule has 0 radical (unpaired) electrons. The molecule has 0 bridgehead atoms. The third-order valence-corrected chi connectivity index (χ3v) is 3.31. The number of esters is 1. The zero-order valence-electron chi connectivity index (χ0n) is 10.1. The fourth-order valence-corrected chi connectivity index (χ4v) is 2.59. The molecule has 1 aliphatic heterocycles. The fraction of sp³-hybridized carbons (Fsp3) is 0.400. The van der Waals surface area contributed by atoms with E-state index in [1.807, 2.05) is 43.3 Å². The lowest BCUT2D eigenvalue weighted by Gasteiger charge is -2.33. The van der Waals surface area contributed by atoms with Crippen molar-refractivity contribution < 1.29 is 9.53 Å². The average Bonchev–Trinajstić information content (AvgIpc) is 2.30. The Bertz CT molecular complexity index is 397. The van der Waals surface area contributed by atoms with Gasteiger partial charge in [0.05, 0.1) is 12.0 Å². The van der Waals surface area contributed by atoms with Gasteiger partial charge in [-0.25, -0.2) is 0 Å². The molecular formula is C15H18O2. The second-order valence-electron chi connectivity index (χ2n) is 4.66. The highest BCUT2D eigenvalue weighted by Crippen LogP contribution is 2.36. The van der Waals surface area contributed by atoms with E-state index in [0.29, 0.717) is 5.92 Å². The van der Waals surface area contributed by atoms with Gasteiger partial charge in [0.25, 0.3) is 0 Å². The van der Waals surface area contributed by atoms with Crippen LogP contribution in [0, 0.1) is 5.92 Å². The Hall–Kier alpha value is -1.57. The zero-order valence-corrected chi connectivity index (χ0v) is 10.1. The van der Waals surface area contributed by atoms with Gasteiger partial charge in [-0.05, 0) is 31.2 Å². The molecule has 1 fully saturated rings. The van der Waals surface area contributed by atoms with Crippen molar-refractivity contribution >= 4 is 5.97 Å².